The van der Waals surface area contributed by atoms with E-state index in [1.807, 2.05) is 13.8 Å². The Morgan fingerprint density at radius 3 is 1.73 bits per heavy atom. The van der Waals surface area contributed by atoms with Crippen LogP contribution in [0.2, 0.25) is 0 Å². The van der Waals surface area contributed by atoms with Crippen molar-refractivity contribution in [1.82, 2.24) is 4.90 Å². The Kier molecular flexibility index (Phi) is 6.52. The number of carboxylic acids is 1. The second kappa shape index (κ2) is 5.38. The molecule has 1 N–H and O–H groups in total. The highest BCUT2D eigenvalue weighted by molar-refractivity contribution is 5.85. The quantitative estimate of drug-likeness (QED) is 0.709. The van der Waals surface area contributed by atoms with Gasteiger partial charge in [-0.1, -0.05) is 13.8 Å². The monoisotopic (exact) mass is 181 g/mol. The summed E-state index contributed by atoms with van der Waals surface area (Å²) < 4.78 is 0. The minimum absolute atomic E-state index is 0. The molecule has 0 amide bonds. The number of carbonyl (C=O) groups is 1. The van der Waals surface area contributed by atoms with E-state index in [1.54, 1.807) is 19.0 Å². The highest BCUT2D eigenvalue weighted by atomic mass is 35.5. The van der Waals surface area contributed by atoms with Crippen LogP contribution in [0, 0.1) is 5.92 Å². The summed E-state index contributed by atoms with van der Waals surface area (Å²) in [6, 6.07) is -0.361. The maximum atomic E-state index is 10.5. The molecule has 0 aromatic rings. The highest BCUT2D eigenvalue weighted by Crippen LogP contribution is 2.06. The second-order valence-corrected chi connectivity index (χ2v) is 2.99. The lowest BCUT2D eigenvalue weighted by molar-refractivity contribution is -0.143. The Labute approximate surface area is 73.8 Å². The SMILES string of the molecule is CC(C)C(C(=O)O)N(C)C.Cl. The van der Waals surface area contributed by atoms with E-state index in [4.69, 9.17) is 5.11 Å². The van der Waals surface area contributed by atoms with Gasteiger partial charge in [0, 0.05) is 0 Å². The van der Waals surface area contributed by atoms with Crippen LogP contribution in [-0.4, -0.2) is 36.1 Å². The molecule has 0 aliphatic heterocycles. The van der Waals surface area contributed by atoms with Crippen molar-refractivity contribution in [3.8, 4) is 0 Å². The molecule has 0 fully saturated rings. The Hall–Kier alpha value is -0.280. The van der Waals surface area contributed by atoms with Gasteiger partial charge >= 0.3 is 5.97 Å². The lowest BCUT2D eigenvalue weighted by Crippen LogP contribution is -2.39. The largest absolute Gasteiger partial charge is 0.480 e. The number of carboxylic acid groups (broad SMARTS) is 1. The number of likely N-dealkylation sites (N-methyl/N-ethyl adjacent to an activating group) is 1. The molecule has 0 spiro atoms. The van der Waals surface area contributed by atoms with Crippen LogP contribution in [-0.2, 0) is 4.79 Å². The standard InChI is InChI=1S/C7H15NO2.ClH/c1-5(2)6(7(9)10)8(3)4;/h5-6H,1-4H3,(H,9,10);1H. The van der Waals surface area contributed by atoms with Crippen molar-refractivity contribution in [2.45, 2.75) is 19.9 Å². The average Bonchev–Trinajstić information content (AvgIpc) is 1.59. The molecule has 0 saturated carbocycles. The van der Waals surface area contributed by atoms with Crippen molar-refractivity contribution >= 4 is 18.4 Å². The van der Waals surface area contributed by atoms with Crippen molar-refractivity contribution in [2.75, 3.05) is 14.1 Å². The van der Waals surface area contributed by atoms with E-state index in [-0.39, 0.29) is 24.4 Å². The van der Waals surface area contributed by atoms with Crippen molar-refractivity contribution in [1.29, 1.82) is 0 Å². The van der Waals surface area contributed by atoms with Gasteiger partial charge in [0.05, 0.1) is 0 Å². The van der Waals surface area contributed by atoms with Crippen LogP contribution in [0.15, 0.2) is 0 Å². The van der Waals surface area contributed by atoms with E-state index in [2.05, 4.69) is 0 Å². The molecule has 0 rings (SSSR count). The first kappa shape index (κ1) is 13.3. The highest BCUT2D eigenvalue weighted by Gasteiger charge is 2.22. The summed E-state index contributed by atoms with van der Waals surface area (Å²) in [7, 11) is 3.55. The molecular weight excluding hydrogens is 166 g/mol. The number of hydrogen-bond acceptors (Lipinski definition) is 2. The van der Waals surface area contributed by atoms with Crippen molar-refractivity contribution in [3.05, 3.63) is 0 Å². The van der Waals surface area contributed by atoms with Gasteiger partial charge in [-0.3, -0.25) is 9.69 Å². The van der Waals surface area contributed by atoms with Gasteiger partial charge in [-0.05, 0) is 20.0 Å². The molecule has 68 valence electrons. The molecule has 0 heterocycles. The van der Waals surface area contributed by atoms with Crippen molar-refractivity contribution in [2.24, 2.45) is 5.92 Å². The van der Waals surface area contributed by atoms with Crippen LogP contribution in [0.3, 0.4) is 0 Å². The van der Waals surface area contributed by atoms with Gasteiger partial charge in [0.15, 0.2) is 0 Å². The van der Waals surface area contributed by atoms with Gasteiger partial charge < -0.3 is 5.11 Å². The van der Waals surface area contributed by atoms with Gasteiger partial charge in [0.1, 0.15) is 6.04 Å². The minimum Gasteiger partial charge on any atom is -0.480 e. The number of aliphatic carboxylic acids is 1. The third kappa shape index (κ3) is 4.22. The molecule has 3 nitrogen and oxygen atoms in total. The molecule has 0 saturated heterocycles. The molecule has 0 aromatic carbocycles. The summed E-state index contributed by atoms with van der Waals surface area (Å²) in [5.74, 6) is -0.590. The van der Waals surface area contributed by atoms with Gasteiger partial charge in [-0.15, -0.1) is 12.4 Å². The van der Waals surface area contributed by atoms with Crippen LogP contribution in [0.5, 0.6) is 0 Å². The fourth-order valence-corrected chi connectivity index (χ4v) is 1.10. The Balaban J connectivity index is 0. The zero-order valence-corrected chi connectivity index (χ0v) is 8.18. The van der Waals surface area contributed by atoms with Crippen LogP contribution in [0.25, 0.3) is 0 Å². The third-order valence-corrected chi connectivity index (χ3v) is 1.44. The molecule has 0 aromatic heterocycles. The predicted octanol–water partition coefficient (Wildman–Crippen LogP) is 1.08. The summed E-state index contributed by atoms with van der Waals surface area (Å²) in [5, 5.41) is 8.67. The zero-order valence-electron chi connectivity index (χ0n) is 7.37. The molecule has 0 aliphatic rings. The Morgan fingerprint density at radius 1 is 1.36 bits per heavy atom. The summed E-state index contributed by atoms with van der Waals surface area (Å²) in [5.41, 5.74) is 0. The maximum absolute atomic E-state index is 10.5. The van der Waals surface area contributed by atoms with E-state index in [0.29, 0.717) is 0 Å². The van der Waals surface area contributed by atoms with Gasteiger partial charge in [-0.25, -0.2) is 0 Å². The van der Waals surface area contributed by atoms with E-state index < -0.39 is 5.97 Å². The first-order valence-electron chi connectivity index (χ1n) is 3.36. The summed E-state index contributed by atoms with van der Waals surface area (Å²) in [4.78, 5) is 12.3. The number of hydrogen-bond donors (Lipinski definition) is 1. The average molecular weight is 182 g/mol. The van der Waals surface area contributed by atoms with E-state index >= 15 is 0 Å². The van der Waals surface area contributed by atoms with E-state index in [1.165, 1.54) is 0 Å². The Bertz CT molecular complexity index is 118. The third-order valence-electron chi connectivity index (χ3n) is 1.44. The second-order valence-electron chi connectivity index (χ2n) is 2.99. The van der Waals surface area contributed by atoms with E-state index in [0.717, 1.165) is 0 Å². The van der Waals surface area contributed by atoms with Crippen molar-refractivity contribution in [3.63, 3.8) is 0 Å². The molecule has 0 bridgehead atoms. The molecule has 11 heavy (non-hydrogen) atoms. The van der Waals surface area contributed by atoms with E-state index in [9.17, 15) is 4.79 Å². The first-order valence-corrected chi connectivity index (χ1v) is 3.36. The predicted molar refractivity (Wildman–Crippen MR) is 47.2 cm³/mol. The van der Waals surface area contributed by atoms with Crippen LogP contribution < -0.4 is 0 Å². The molecule has 1 unspecified atom stereocenters. The summed E-state index contributed by atoms with van der Waals surface area (Å²) in [6.07, 6.45) is 0. The zero-order chi connectivity index (χ0) is 8.31. The van der Waals surface area contributed by atoms with Crippen LogP contribution in [0.1, 0.15) is 13.8 Å². The number of nitrogens with zero attached hydrogens (tertiary/aromatic N) is 1. The minimum atomic E-state index is -0.750. The molecular formula is C7H16ClNO2. The Morgan fingerprint density at radius 2 is 1.73 bits per heavy atom. The van der Waals surface area contributed by atoms with Gasteiger partial charge in [0.25, 0.3) is 0 Å². The van der Waals surface area contributed by atoms with Crippen LogP contribution in [0.4, 0.5) is 0 Å². The number of halogens is 1. The molecule has 1 atom stereocenters. The van der Waals surface area contributed by atoms with Crippen LogP contribution >= 0.6 is 12.4 Å². The maximum Gasteiger partial charge on any atom is 0.321 e. The molecule has 0 radical (unpaired) electrons. The fraction of sp³-hybridized carbons (Fsp3) is 0.857. The smallest absolute Gasteiger partial charge is 0.321 e. The lowest BCUT2D eigenvalue weighted by atomic mass is 10.0. The van der Waals surface area contributed by atoms with Gasteiger partial charge in [0.2, 0.25) is 0 Å². The summed E-state index contributed by atoms with van der Waals surface area (Å²) in [6.45, 7) is 3.80. The normalized spacial score (nSPS) is 12.9. The fourth-order valence-electron chi connectivity index (χ4n) is 1.10. The van der Waals surface area contributed by atoms with Gasteiger partial charge in [-0.2, -0.15) is 0 Å². The number of rotatable bonds is 3. The van der Waals surface area contributed by atoms with Crippen molar-refractivity contribution < 1.29 is 9.90 Å². The topological polar surface area (TPSA) is 40.5 Å². The summed E-state index contributed by atoms with van der Waals surface area (Å²) >= 11 is 0. The lowest BCUT2D eigenvalue weighted by Gasteiger charge is -2.22. The molecule has 0 aliphatic carbocycles. The first-order chi connectivity index (χ1) is 4.46. The molecule has 4 heteroatoms.